The summed E-state index contributed by atoms with van der Waals surface area (Å²) in [6.45, 7) is 0. The van der Waals surface area contributed by atoms with E-state index in [0.717, 1.165) is 11.1 Å². The Kier molecular flexibility index (Phi) is 6.80. The molecule has 2 aromatic carbocycles. The minimum atomic E-state index is -0.237. The summed E-state index contributed by atoms with van der Waals surface area (Å²) in [6, 6.07) is 19.2. The van der Waals surface area contributed by atoms with E-state index in [9.17, 15) is 0 Å². The van der Waals surface area contributed by atoms with E-state index in [1.54, 1.807) is 21.6 Å². The van der Waals surface area contributed by atoms with Crippen LogP contribution in [0.25, 0.3) is 22.8 Å². The summed E-state index contributed by atoms with van der Waals surface area (Å²) in [4.78, 5) is 9.02. The minimum Gasteiger partial charge on any atom is -0.321 e. The normalized spacial score (nSPS) is 13.3. The van der Waals surface area contributed by atoms with Gasteiger partial charge >= 0.3 is 0 Å². The Balaban J connectivity index is 1.24. The zero-order valence-corrected chi connectivity index (χ0v) is 17.7. The van der Waals surface area contributed by atoms with Crippen LogP contribution in [0, 0.1) is 0 Å². The molecular weight excluding hydrogens is 416 g/mol. The molecule has 0 unspecified atom stereocenters. The molecule has 2 heterocycles. The number of H-pyrrole nitrogens is 2. The van der Waals surface area contributed by atoms with Gasteiger partial charge in [0.2, 0.25) is 0 Å². The van der Waals surface area contributed by atoms with Gasteiger partial charge < -0.3 is 11.5 Å². The Morgan fingerprint density at radius 2 is 1.07 bits per heavy atom. The van der Waals surface area contributed by atoms with Gasteiger partial charge in [0.15, 0.2) is 11.6 Å². The molecule has 0 amide bonds. The molecule has 2 atom stereocenters. The maximum absolute atomic E-state index is 6.25. The second kappa shape index (κ2) is 9.90. The zero-order valence-electron chi connectivity index (χ0n) is 16.1. The summed E-state index contributed by atoms with van der Waals surface area (Å²) in [5, 5.41) is 14.4. The highest BCUT2D eigenvalue weighted by molar-refractivity contribution is 8.76. The van der Waals surface area contributed by atoms with Crippen molar-refractivity contribution in [3.8, 4) is 22.8 Å². The number of rotatable bonds is 9. The molecule has 8 nitrogen and oxygen atoms in total. The molecule has 0 saturated heterocycles. The number of nitrogens with one attached hydrogen (secondary N) is 2. The van der Waals surface area contributed by atoms with Crippen LogP contribution in [0.4, 0.5) is 0 Å². The molecule has 6 N–H and O–H groups in total. The summed E-state index contributed by atoms with van der Waals surface area (Å²) in [7, 11) is 3.30. The molecule has 10 heteroatoms. The van der Waals surface area contributed by atoms with E-state index in [0.29, 0.717) is 34.8 Å². The molecule has 30 heavy (non-hydrogen) atoms. The van der Waals surface area contributed by atoms with E-state index in [-0.39, 0.29) is 12.1 Å². The standard InChI is InChI=1S/C20H22N8S2/c21-15(19-23-17(25-27-19)13-7-3-1-4-8-13)11-29-30-12-16(22)20-24-18(26-28-20)14-9-5-2-6-10-14/h1-10,15-16H,11-12,21-22H2,(H,23,25,27)(H,24,26,28)/t15-,16-/m0/s1. The molecule has 0 bridgehead atoms. The summed E-state index contributed by atoms with van der Waals surface area (Å²) in [6.07, 6.45) is 0. The van der Waals surface area contributed by atoms with E-state index in [1.165, 1.54) is 0 Å². The van der Waals surface area contributed by atoms with Gasteiger partial charge in [-0.05, 0) is 0 Å². The Morgan fingerprint density at radius 3 is 1.47 bits per heavy atom. The first-order valence-electron chi connectivity index (χ1n) is 9.41. The van der Waals surface area contributed by atoms with E-state index in [1.807, 2.05) is 60.7 Å². The van der Waals surface area contributed by atoms with Gasteiger partial charge in [0.1, 0.15) is 11.6 Å². The SMILES string of the molecule is N[C@@H](CSSC[C@H](N)c1nc(-c2ccccc2)n[nH]1)c1nc(-c2ccccc2)n[nH]1. The molecule has 0 aliphatic carbocycles. The summed E-state index contributed by atoms with van der Waals surface area (Å²) >= 11 is 0. The van der Waals surface area contributed by atoms with Crippen LogP contribution in [-0.4, -0.2) is 41.9 Å². The molecule has 0 radical (unpaired) electrons. The van der Waals surface area contributed by atoms with Gasteiger partial charge in [-0.1, -0.05) is 82.3 Å². The molecule has 0 aliphatic rings. The molecule has 0 spiro atoms. The molecule has 4 aromatic rings. The van der Waals surface area contributed by atoms with Crippen molar-refractivity contribution in [2.45, 2.75) is 12.1 Å². The van der Waals surface area contributed by atoms with Gasteiger partial charge in [-0.15, -0.1) is 0 Å². The lowest BCUT2D eigenvalue weighted by molar-refractivity contribution is 0.755. The third-order valence-corrected chi connectivity index (χ3v) is 6.82. The van der Waals surface area contributed by atoms with Crippen molar-refractivity contribution in [3.05, 3.63) is 72.3 Å². The summed E-state index contributed by atoms with van der Waals surface area (Å²) in [5.41, 5.74) is 14.4. The smallest absolute Gasteiger partial charge is 0.181 e. The molecule has 154 valence electrons. The van der Waals surface area contributed by atoms with Crippen molar-refractivity contribution in [2.75, 3.05) is 11.5 Å². The quantitative estimate of drug-likeness (QED) is 0.231. The fourth-order valence-electron chi connectivity index (χ4n) is 2.71. The molecule has 0 fully saturated rings. The van der Waals surface area contributed by atoms with Crippen LogP contribution in [-0.2, 0) is 0 Å². The van der Waals surface area contributed by atoms with Crippen molar-refractivity contribution < 1.29 is 0 Å². The van der Waals surface area contributed by atoms with Gasteiger partial charge in [-0.25, -0.2) is 9.97 Å². The van der Waals surface area contributed by atoms with Crippen LogP contribution in [0.1, 0.15) is 23.7 Å². The minimum absolute atomic E-state index is 0.237. The number of benzene rings is 2. The van der Waals surface area contributed by atoms with Crippen LogP contribution < -0.4 is 11.5 Å². The first kappa shape index (κ1) is 20.6. The Morgan fingerprint density at radius 1 is 0.667 bits per heavy atom. The number of aromatic nitrogens is 6. The van der Waals surface area contributed by atoms with Crippen molar-refractivity contribution in [1.29, 1.82) is 0 Å². The van der Waals surface area contributed by atoms with Crippen molar-refractivity contribution in [3.63, 3.8) is 0 Å². The Hall–Kier alpha value is -2.66. The monoisotopic (exact) mass is 438 g/mol. The molecule has 4 rings (SSSR count). The van der Waals surface area contributed by atoms with Crippen LogP contribution in [0.5, 0.6) is 0 Å². The maximum Gasteiger partial charge on any atom is 0.181 e. The predicted molar refractivity (Wildman–Crippen MR) is 122 cm³/mol. The van der Waals surface area contributed by atoms with Crippen LogP contribution in [0.15, 0.2) is 60.7 Å². The maximum atomic E-state index is 6.25. The van der Waals surface area contributed by atoms with E-state index in [2.05, 4.69) is 30.4 Å². The second-order valence-electron chi connectivity index (χ2n) is 6.60. The average Bonchev–Trinajstić information content (AvgIpc) is 3.48. The van der Waals surface area contributed by atoms with Gasteiger partial charge in [0, 0.05) is 22.6 Å². The number of hydrogen-bond donors (Lipinski definition) is 4. The van der Waals surface area contributed by atoms with Crippen molar-refractivity contribution in [2.24, 2.45) is 11.5 Å². The number of aromatic amines is 2. The number of nitrogens with two attached hydrogens (primary N) is 2. The van der Waals surface area contributed by atoms with Gasteiger partial charge in [-0.2, -0.15) is 10.2 Å². The average molecular weight is 439 g/mol. The van der Waals surface area contributed by atoms with Crippen LogP contribution in [0.3, 0.4) is 0 Å². The first-order valence-corrected chi connectivity index (χ1v) is 11.9. The lowest BCUT2D eigenvalue weighted by atomic mass is 10.2. The number of hydrogen-bond acceptors (Lipinski definition) is 8. The molecule has 0 aliphatic heterocycles. The second-order valence-corrected chi connectivity index (χ2v) is 9.15. The zero-order chi connectivity index (χ0) is 20.8. The molecule has 2 aromatic heterocycles. The topological polar surface area (TPSA) is 135 Å². The van der Waals surface area contributed by atoms with Crippen LogP contribution in [0.2, 0.25) is 0 Å². The van der Waals surface area contributed by atoms with Gasteiger partial charge in [-0.3, -0.25) is 10.2 Å². The van der Waals surface area contributed by atoms with Crippen molar-refractivity contribution in [1.82, 2.24) is 30.4 Å². The highest BCUT2D eigenvalue weighted by atomic mass is 33.1. The predicted octanol–water partition coefficient (Wildman–Crippen LogP) is 3.34. The van der Waals surface area contributed by atoms with E-state index in [4.69, 9.17) is 11.5 Å². The van der Waals surface area contributed by atoms with E-state index >= 15 is 0 Å². The lowest BCUT2D eigenvalue weighted by Crippen LogP contribution is -2.16. The molecule has 0 saturated carbocycles. The van der Waals surface area contributed by atoms with E-state index < -0.39 is 0 Å². The Bertz CT molecular complexity index is 965. The number of nitrogens with zero attached hydrogens (tertiary/aromatic N) is 4. The largest absolute Gasteiger partial charge is 0.321 e. The van der Waals surface area contributed by atoms with Gasteiger partial charge in [0.25, 0.3) is 0 Å². The third-order valence-electron chi connectivity index (χ3n) is 4.35. The fourth-order valence-corrected chi connectivity index (χ4v) is 4.97. The highest BCUT2D eigenvalue weighted by Gasteiger charge is 2.15. The molecular formula is C20H22N8S2. The van der Waals surface area contributed by atoms with Gasteiger partial charge in [0.05, 0.1) is 12.1 Å². The summed E-state index contributed by atoms with van der Waals surface area (Å²) < 4.78 is 0. The fraction of sp³-hybridized carbons (Fsp3) is 0.200. The first-order chi connectivity index (χ1) is 14.7. The highest BCUT2D eigenvalue weighted by Crippen LogP contribution is 2.29. The van der Waals surface area contributed by atoms with Crippen LogP contribution >= 0.6 is 21.6 Å². The van der Waals surface area contributed by atoms with Crippen molar-refractivity contribution >= 4 is 21.6 Å². The third kappa shape index (κ3) is 5.08. The summed E-state index contributed by atoms with van der Waals surface area (Å²) in [5.74, 6) is 4.03. The lowest BCUT2D eigenvalue weighted by Gasteiger charge is -2.09. The Labute approximate surface area is 182 Å².